The van der Waals surface area contributed by atoms with E-state index in [2.05, 4.69) is 16.2 Å². The maximum Gasteiger partial charge on any atom is 0.270 e. The molecule has 0 unspecified atom stereocenters. The number of carbonyl (C=O) groups is 1. The van der Waals surface area contributed by atoms with Crippen molar-refractivity contribution in [1.82, 2.24) is 21.2 Å². The Morgan fingerprint density at radius 1 is 1.08 bits per heavy atom. The second-order valence-electron chi connectivity index (χ2n) is 5.88. The van der Waals surface area contributed by atoms with Crippen molar-refractivity contribution in [3.8, 4) is 11.3 Å². The number of benzene rings is 2. The van der Waals surface area contributed by atoms with E-state index in [1.807, 2.05) is 62.4 Å². The van der Waals surface area contributed by atoms with Gasteiger partial charge in [-0.05, 0) is 38.2 Å². The Morgan fingerprint density at radius 3 is 2.54 bits per heavy atom. The Balaban J connectivity index is 1.98. The van der Waals surface area contributed by atoms with Gasteiger partial charge in [0.1, 0.15) is 0 Å². The maximum atomic E-state index is 12.7. The fourth-order valence-corrected chi connectivity index (χ4v) is 2.82. The van der Waals surface area contributed by atoms with Crippen molar-refractivity contribution in [1.29, 1.82) is 0 Å². The molecule has 3 N–H and O–H groups in total. The van der Waals surface area contributed by atoms with Crippen LogP contribution in [0.1, 0.15) is 22.8 Å². The number of hydrogen-bond donors (Lipinski definition) is 3. The monoisotopic (exact) mass is 364 g/mol. The van der Waals surface area contributed by atoms with Crippen LogP contribution in [0.4, 0.5) is 0 Å². The molecule has 3 rings (SSSR count). The van der Waals surface area contributed by atoms with Crippen LogP contribution in [0, 0.1) is 6.92 Å². The van der Waals surface area contributed by atoms with Gasteiger partial charge in [-0.3, -0.25) is 15.6 Å². The number of hydrazine groups is 1. The number of nitrogens with one attached hydrogen (secondary N) is 3. The van der Waals surface area contributed by atoms with Gasteiger partial charge in [-0.2, -0.15) is 0 Å². The molecule has 0 aliphatic carbocycles. The van der Waals surface area contributed by atoms with E-state index in [0.717, 1.165) is 22.2 Å². The molecule has 1 aromatic heterocycles. The zero-order valence-corrected chi connectivity index (χ0v) is 15.5. The molecule has 1 heterocycles. The Hall–Kier alpha value is -2.99. The molecule has 0 saturated heterocycles. The van der Waals surface area contributed by atoms with E-state index in [1.54, 1.807) is 6.07 Å². The van der Waals surface area contributed by atoms with Gasteiger partial charge in [0.2, 0.25) is 0 Å². The third-order valence-corrected chi connectivity index (χ3v) is 4.18. The summed E-state index contributed by atoms with van der Waals surface area (Å²) in [6.07, 6.45) is 0. The predicted octanol–water partition coefficient (Wildman–Crippen LogP) is 3.34. The number of nitrogens with zero attached hydrogens (tertiary/aromatic N) is 1. The van der Waals surface area contributed by atoms with Crippen molar-refractivity contribution >= 4 is 34.1 Å². The highest BCUT2D eigenvalue weighted by atomic mass is 32.1. The lowest BCUT2D eigenvalue weighted by atomic mass is 10.0. The van der Waals surface area contributed by atoms with Gasteiger partial charge < -0.3 is 5.32 Å². The summed E-state index contributed by atoms with van der Waals surface area (Å²) in [5, 5.41) is 4.09. The summed E-state index contributed by atoms with van der Waals surface area (Å²) in [7, 11) is 0. The van der Waals surface area contributed by atoms with Gasteiger partial charge in [0.05, 0.1) is 16.8 Å². The number of aromatic nitrogens is 1. The molecule has 3 aromatic rings. The molecule has 5 nitrogen and oxygen atoms in total. The van der Waals surface area contributed by atoms with Crippen LogP contribution in [-0.2, 0) is 0 Å². The zero-order chi connectivity index (χ0) is 18.5. The summed E-state index contributed by atoms with van der Waals surface area (Å²) in [6.45, 7) is 4.65. The highest BCUT2D eigenvalue weighted by molar-refractivity contribution is 7.80. The normalized spacial score (nSPS) is 10.4. The Kier molecular flexibility index (Phi) is 5.43. The van der Waals surface area contributed by atoms with Gasteiger partial charge in [-0.25, -0.2) is 4.98 Å². The van der Waals surface area contributed by atoms with Gasteiger partial charge in [0, 0.05) is 17.5 Å². The van der Waals surface area contributed by atoms with Crippen molar-refractivity contribution in [3.63, 3.8) is 0 Å². The number of amides is 1. The van der Waals surface area contributed by atoms with Crippen LogP contribution in [0.25, 0.3) is 22.2 Å². The van der Waals surface area contributed by atoms with E-state index in [9.17, 15) is 4.79 Å². The van der Waals surface area contributed by atoms with E-state index in [1.165, 1.54) is 5.56 Å². The standard InChI is InChI=1S/C20H20N4OS/c1-3-21-20(26)24-23-19(25)16-12-18(14-10-8-13(2)9-11-14)22-17-7-5-4-6-15(16)17/h4-12H,3H2,1-2H3,(H,23,25)(H2,21,24,26). The first-order chi connectivity index (χ1) is 12.6. The summed E-state index contributed by atoms with van der Waals surface area (Å²) >= 11 is 5.08. The number of fused-ring (bicyclic) bond motifs is 1. The Morgan fingerprint density at radius 2 is 1.81 bits per heavy atom. The van der Waals surface area contributed by atoms with Crippen molar-refractivity contribution in [3.05, 3.63) is 65.7 Å². The molecule has 132 valence electrons. The number of thiocarbonyl (C=S) groups is 1. The molecular formula is C20H20N4OS. The van der Waals surface area contributed by atoms with Crippen molar-refractivity contribution in [2.45, 2.75) is 13.8 Å². The summed E-state index contributed by atoms with van der Waals surface area (Å²) in [4.78, 5) is 17.4. The summed E-state index contributed by atoms with van der Waals surface area (Å²) < 4.78 is 0. The Bertz CT molecular complexity index is 954. The molecular weight excluding hydrogens is 344 g/mol. The van der Waals surface area contributed by atoms with Crippen LogP contribution in [0.2, 0.25) is 0 Å². The first-order valence-electron chi connectivity index (χ1n) is 8.39. The van der Waals surface area contributed by atoms with E-state index < -0.39 is 0 Å². The van der Waals surface area contributed by atoms with Crippen LogP contribution in [0.15, 0.2) is 54.6 Å². The van der Waals surface area contributed by atoms with Crippen LogP contribution >= 0.6 is 12.2 Å². The molecule has 0 saturated carbocycles. The minimum atomic E-state index is -0.266. The molecule has 0 spiro atoms. The van der Waals surface area contributed by atoms with Gasteiger partial charge in [-0.15, -0.1) is 0 Å². The molecule has 2 aromatic carbocycles. The molecule has 0 fully saturated rings. The number of aryl methyl sites for hydroxylation is 1. The number of carbonyl (C=O) groups excluding carboxylic acids is 1. The van der Waals surface area contributed by atoms with Crippen LogP contribution in [0.3, 0.4) is 0 Å². The van der Waals surface area contributed by atoms with Gasteiger partial charge in [0.25, 0.3) is 5.91 Å². The molecule has 1 amide bonds. The average molecular weight is 364 g/mol. The Labute approximate surface area is 157 Å². The fourth-order valence-electron chi connectivity index (χ4n) is 2.62. The number of pyridine rings is 1. The van der Waals surface area contributed by atoms with Gasteiger partial charge in [0.15, 0.2) is 5.11 Å². The van der Waals surface area contributed by atoms with E-state index >= 15 is 0 Å². The fraction of sp³-hybridized carbons (Fsp3) is 0.150. The smallest absolute Gasteiger partial charge is 0.270 e. The minimum absolute atomic E-state index is 0.266. The van der Waals surface area contributed by atoms with Crippen molar-refractivity contribution in [2.24, 2.45) is 0 Å². The second-order valence-corrected chi connectivity index (χ2v) is 6.29. The van der Waals surface area contributed by atoms with E-state index in [4.69, 9.17) is 17.2 Å². The quantitative estimate of drug-likeness (QED) is 0.491. The predicted molar refractivity (Wildman–Crippen MR) is 109 cm³/mol. The molecule has 0 aliphatic rings. The highest BCUT2D eigenvalue weighted by Gasteiger charge is 2.14. The first kappa shape index (κ1) is 17.8. The molecule has 0 aliphatic heterocycles. The third-order valence-electron chi connectivity index (χ3n) is 3.94. The number of rotatable bonds is 3. The third kappa shape index (κ3) is 3.97. The maximum absolute atomic E-state index is 12.7. The zero-order valence-electron chi connectivity index (χ0n) is 14.7. The molecule has 0 radical (unpaired) electrons. The lowest BCUT2D eigenvalue weighted by molar-refractivity contribution is 0.0945. The largest absolute Gasteiger partial charge is 0.362 e. The first-order valence-corrected chi connectivity index (χ1v) is 8.80. The lowest BCUT2D eigenvalue weighted by Gasteiger charge is -2.13. The van der Waals surface area contributed by atoms with Crippen molar-refractivity contribution in [2.75, 3.05) is 6.54 Å². The topological polar surface area (TPSA) is 66.0 Å². The van der Waals surface area contributed by atoms with Crippen LogP contribution in [-0.4, -0.2) is 22.5 Å². The van der Waals surface area contributed by atoms with Crippen molar-refractivity contribution < 1.29 is 4.79 Å². The van der Waals surface area contributed by atoms with Crippen LogP contribution < -0.4 is 16.2 Å². The highest BCUT2D eigenvalue weighted by Crippen LogP contribution is 2.25. The van der Waals surface area contributed by atoms with Gasteiger partial charge in [-0.1, -0.05) is 48.0 Å². The summed E-state index contributed by atoms with van der Waals surface area (Å²) in [5.74, 6) is -0.266. The SMILES string of the molecule is CCNC(=S)NNC(=O)c1cc(-c2ccc(C)cc2)nc2ccccc12. The molecule has 0 bridgehead atoms. The average Bonchev–Trinajstić information content (AvgIpc) is 2.66. The molecule has 6 heteroatoms. The summed E-state index contributed by atoms with van der Waals surface area (Å²) in [5.41, 5.74) is 9.56. The molecule has 0 atom stereocenters. The molecule has 26 heavy (non-hydrogen) atoms. The number of para-hydroxylation sites is 1. The number of hydrogen-bond acceptors (Lipinski definition) is 3. The van der Waals surface area contributed by atoms with Crippen LogP contribution in [0.5, 0.6) is 0 Å². The second kappa shape index (κ2) is 7.93. The summed E-state index contributed by atoms with van der Waals surface area (Å²) in [6, 6.07) is 17.5. The van der Waals surface area contributed by atoms with Gasteiger partial charge >= 0.3 is 0 Å². The lowest BCUT2D eigenvalue weighted by Crippen LogP contribution is -2.46. The van der Waals surface area contributed by atoms with E-state index in [0.29, 0.717) is 17.2 Å². The van der Waals surface area contributed by atoms with E-state index in [-0.39, 0.29) is 5.91 Å². The minimum Gasteiger partial charge on any atom is -0.362 e.